The summed E-state index contributed by atoms with van der Waals surface area (Å²) in [4.78, 5) is 16.7. The van der Waals surface area contributed by atoms with Crippen LogP contribution in [-0.4, -0.2) is 25.9 Å². The highest BCUT2D eigenvalue weighted by atomic mass is 35.5. The molecular formula is C17H11Cl2F3N4O. The van der Waals surface area contributed by atoms with Gasteiger partial charge in [0.1, 0.15) is 6.54 Å². The van der Waals surface area contributed by atoms with Crippen LogP contribution in [0.5, 0.6) is 0 Å². The maximum absolute atomic E-state index is 13.1. The standard InChI is InChI=1S/C17H10ClF3N4O.ClH/c18-12-5-10-14(6-9(12)13-3-1-2-4-22-13)25(8-17(19,20)21)16(26)11-7-23-24-15(10)11;/h1-7H,8H2,(H,23,24);1H. The van der Waals surface area contributed by atoms with Crippen molar-refractivity contribution in [2.24, 2.45) is 0 Å². The van der Waals surface area contributed by atoms with Gasteiger partial charge in [-0.15, -0.1) is 12.4 Å². The maximum atomic E-state index is 13.1. The molecule has 140 valence electrons. The number of aromatic amines is 1. The van der Waals surface area contributed by atoms with Gasteiger partial charge in [-0.2, -0.15) is 18.3 Å². The number of aromatic nitrogens is 4. The Morgan fingerprint density at radius 2 is 1.96 bits per heavy atom. The van der Waals surface area contributed by atoms with E-state index in [1.165, 1.54) is 18.3 Å². The summed E-state index contributed by atoms with van der Waals surface area (Å²) in [5, 5.41) is 7.21. The van der Waals surface area contributed by atoms with Gasteiger partial charge in [-0.25, -0.2) is 0 Å². The van der Waals surface area contributed by atoms with Gasteiger partial charge in [0.2, 0.25) is 0 Å². The Balaban J connectivity index is 0.00000210. The van der Waals surface area contributed by atoms with E-state index in [2.05, 4.69) is 15.2 Å². The zero-order valence-corrected chi connectivity index (χ0v) is 15.0. The van der Waals surface area contributed by atoms with E-state index < -0.39 is 18.3 Å². The first-order valence-corrected chi connectivity index (χ1v) is 7.90. The molecule has 3 aromatic heterocycles. The minimum absolute atomic E-state index is 0. The summed E-state index contributed by atoms with van der Waals surface area (Å²) in [6.07, 6.45) is -1.79. The van der Waals surface area contributed by atoms with Crippen molar-refractivity contribution >= 4 is 45.8 Å². The Labute approximate surface area is 161 Å². The van der Waals surface area contributed by atoms with Crippen molar-refractivity contribution in [2.45, 2.75) is 12.7 Å². The predicted octanol–water partition coefficient (Wildman–Crippen LogP) is 4.58. The van der Waals surface area contributed by atoms with Gasteiger partial charge >= 0.3 is 6.18 Å². The molecule has 3 heterocycles. The highest BCUT2D eigenvalue weighted by Gasteiger charge is 2.30. The molecule has 1 aromatic carbocycles. The summed E-state index contributed by atoms with van der Waals surface area (Å²) in [5.41, 5.74) is 0.615. The lowest BCUT2D eigenvalue weighted by Crippen LogP contribution is -2.28. The Morgan fingerprint density at radius 3 is 2.63 bits per heavy atom. The quantitative estimate of drug-likeness (QED) is 0.522. The molecule has 0 saturated heterocycles. The van der Waals surface area contributed by atoms with E-state index in [4.69, 9.17) is 11.6 Å². The SMILES string of the molecule is Cl.O=c1c2cn[nH]c2c2cc(Cl)c(-c3ccccn3)cc2n1CC(F)(F)F. The summed E-state index contributed by atoms with van der Waals surface area (Å²) in [6.45, 7) is -1.41. The van der Waals surface area contributed by atoms with Crippen molar-refractivity contribution in [3.05, 3.63) is 58.1 Å². The fraction of sp³-hybridized carbons (Fsp3) is 0.118. The first kappa shape index (κ1) is 19.2. The predicted molar refractivity (Wildman–Crippen MR) is 99.4 cm³/mol. The monoisotopic (exact) mass is 414 g/mol. The van der Waals surface area contributed by atoms with E-state index in [1.54, 1.807) is 24.4 Å². The molecule has 0 aliphatic heterocycles. The van der Waals surface area contributed by atoms with Crippen LogP contribution in [-0.2, 0) is 6.54 Å². The van der Waals surface area contributed by atoms with Gasteiger partial charge in [-0.1, -0.05) is 17.7 Å². The number of halogens is 5. The van der Waals surface area contributed by atoms with Gasteiger partial charge in [-0.05, 0) is 24.3 Å². The molecule has 1 N–H and O–H groups in total. The van der Waals surface area contributed by atoms with Gasteiger partial charge in [0, 0.05) is 17.1 Å². The molecule has 0 aliphatic rings. The number of hydrogen-bond acceptors (Lipinski definition) is 3. The number of H-pyrrole nitrogens is 1. The van der Waals surface area contributed by atoms with E-state index in [0.29, 0.717) is 31.8 Å². The second-order valence-corrected chi connectivity index (χ2v) is 6.14. The van der Waals surface area contributed by atoms with E-state index in [9.17, 15) is 18.0 Å². The highest BCUT2D eigenvalue weighted by molar-refractivity contribution is 6.34. The second-order valence-electron chi connectivity index (χ2n) is 5.73. The summed E-state index contributed by atoms with van der Waals surface area (Å²) in [6, 6.07) is 8.12. The fourth-order valence-electron chi connectivity index (χ4n) is 2.95. The smallest absolute Gasteiger partial charge is 0.298 e. The topological polar surface area (TPSA) is 63.6 Å². The molecule has 0 radical (unpaired) electrons. The van der Waals surface area contributed by atoms with E-state index >= 15 is 0 Å². The van der Waals surface area contributed by atoms with Crippen molar-refractivity contribution in [2.75, 3.05) is 0 Å². The summed E-state index contributed by atoms with van der Waals surface area (Å²) in [7, 11) is 0. The van der Waals surface area contributed by atoms with Crippen LogP contribution in [0, 0.1) is 0 Å². The third kappa shape index (κ3) is 3.38. The molecule has 0 spiro atoms. The number of rotatable bonds is 2. The molecule has 4 aromatic rings. The molecule has 0 amide bonds. The van der Waals surface area contributed by atoms with E-state index in [0.717, 1.165) is 0 Å². The number of benzene rings is 1. The Morgan fingerprint density at radius 1 is 1.19 bits per heavy atom. The van der Waals surface area contributed by atoms with E-state index in [1.807, 2.05) is 0 Å². The fourth-order valence-corrected chi connectivity index (χ4v) is 3.21. The van der Waals surface area contributed by atoms with Gasteiger partial charge in [-0.3, -0.25) is 19.4 Å². The largest absolute Gasteiger partial charge is 0.406 e. The molecule has 0 saturated carbocycles. The number of nitrogens with one attached hydrogen (secondary N) is 1. The van der Waals surface area contributed by atoms with Crippen molar-refractivity contribution in [3.8, 4) is 11.3 Å². The molecule has 4 rings (SSSR count). The van der Waals surface area contributed by atoms with Crippen molar-refractivity contribution in [3.63, 3.8) is 0 Å². The van der Waals surface area contributed by atoms with Crippen LogP contribution >= 0.6 is 24.0 Å². The number of hydrogen-bond donors (Lipinski definition) is 1. The zero-order chi connectivity index (χ0) is 18.5. The lowest BCUT2D eigenvalue weighted by atomic mass is 10.1. The molecule has 0 aliphatic carbocycles. The highest BCUT2D eigenvalue weighted by Crippen LogP contribution is 2.33. The van der Waals surface area contributed by atoms with Crippen LogP contribution in [0.25, 0.3) is 33.1 Å². The molecule has 10 heteroatoms. The molecule has 0 unspecified atom stereocenters. The number of fused-ring (bicyclic) bond motifs is 3. The van der Waals surface area contributed by atoms with Crippen LogP contribution < -0.4 is 5.56 Å². The van der Waals surface area contributed by atoms with Gasteiger partial charge < -0.3 is 0 Å². The minimum Gasteiger partial charge on any atom is -0.298 e. The van der Waals surface area contributed by atoms with Gasteiger partial charge in [0.15, 0.2) is 0 Å². The second kappa shape index (κ2) is 6.86. The Kier molecular flexibility index (Phi) is 4.88. The minimum atomic E-state index is -4.56. The maximum Gasteiger partial charge on any atom is 0.406 e. The molecule has 0 atom stereocenters. The van der Waals surface area contributed by atoms with Crippen molar-refractivity contribution in [1.82, 2.24) is 19.7 Å². The number of pyridine rings is 2. The average molecular weight is 415 g/mol. The normalized spacial score (nSPS) is 11.7. The third-order valence-corrected chi connectivity index (χ3v) is 4.35. The summed E-state index contributed by atoms with van der Waals surface area (Å²) >= 11 is 6.35. The summed E-state index contributed by atoms with van der Waals surface area (Å²) in [5.74, 6) is 0. The molecule has 27 heavy (non-hydrogen) atoms. The first-order chi connectivity index (χ1) is 12.3. The summed E-state index contributed by atoms with van der Waals surface area (Å²) < 4.78 is 39.9. The van der Waals surface area contributed by atoms with Gasteiger partial charge in [0.25, 0.3) is 5.56 Å². The van der Waals surface area contributed by atoms with Crippen LogP contribution in [0.15, 0.2) is 47.5 Å². The third-order valence-electron chi connectivity index (χ3n) is 4.04. The van der Waals surface area contributed by atoms with Crippen molar-refractivity contribution < 1.29 is 13.2 Å². The lowest BCUT2D eigenvalue weighted by Gasteiger charge is -2.15. The Bertz CT molecular complexity index is 1190. The molecule has 0 bridgehead atoms. The van der Waals surface area contributed by atoms with E-state index in [-0.39, 0.29) is 23.3 Å². The van der Waals surface area contributed by atoms with Crippen LogP contribution in [0.2, 0.25) is 5.02 Å². The number of nitrogens with zero attached hydrogens (tertiary/aromatic N) is 3. The molecule has 5 nitrogen and oxygen atoms in total. The molecular weight excluding hydrogens is 404 g/mol. The molecule has 0 fully saturated rings. The number of alkyl halides is 3. The van der Waals surface area contributed by atoms with Crippen LogP contribution in [0.4, 0.5) is 13.2 Å². The average Bonchev–Trinajstić information content (AvgIpc) is 3.08. The van der Waals surface area contributed by atoms with Crippen LogP contribution in [0.1, 0.15) is 0 Å². The lowest BCUT2D eigenvalue weighted by molar-refractivity contribution is -0.140. The van der Waals surface area contributed by atoms with Crippen molar-refractivity contribution in [1.29, 1.82) is 0 Å². The first-order valence-electron chi connectivity index (χ1n) is 7.52. The van der Waals surface area contributed by atoms with Gasteiger partial charge in [0.05, 0.1) is 33.3 Å². The Hall–Kier alpha value is -2.58. The zero-order valence-electron chi connectivity index (χ0n) is 13.4. The van der Waals surface area contributed by atoms with Crippen LogP contribution in [0.3, 0.4) is 0 Å².